The molecule has 0 aromatic carbocycles. The summed E-state index contributed by atoms with van der Waals surface area (Å²) in [7, 11) is 1.71. The Bertz CT molecular complexity index is 668. The van der Waals surface area contributed by atoms with Crippen LogP contribution >= 0.6 is 11.3 Å². The molecule has 1 atom stereocenters. The first-order chi connectivity index (χ1) is 10.6. The fourth-order valence-electron chi connectivity index (χ4n) is 2.16. The molecule has 1 aliphatic rings. The van der Waals surface area contributed by atoms with Gasteiger partial charge in [0.1, 0.15) is 6.10 Å². The zero-order valence-electron chi connectivity index (χ0n) is 12.5. The highest BCUT2D eigenvalue weighted by atomic mass is 32.1. The van der Waals surface area contributed by atoms with Crippen LogP contribution in [0.25, 0.3) is 0 Å². The largest absolute Gasteiger partial charge is 0.472 e. The molecule has 6 nitrogen and oxygen atoms in total. The number of anilines is 1. The molecule has 0 radical (unpaired) electrons. The molecule has 1 amide bonds. The van der Waals surface area contributed by atoms with E-state index in [4.69, 9.17) is 9.47 Å². The number of hydrogen-bond donors (Lipinski definition) is 0. The first kappa shape index (κ1) is 14.9. The minimum atomic E-state index is -0.135. The van der Waals surface area contributed by atoms with E-state index in [1.807, 2.05) is 12.3 Å². The molecule has 1 aliphatic heterocycles. The quantitative estimate of drug-likeness (QED) is 0.865. The Morgan fingerprint density at radius 1 is 1.55 bits per heavy atom. The number of amides is 1. The molecule has 0 N–H and O–H groups in total. The minimum Gasteiger partial charge on any atom is -0.472 e. The van der Waals surface area contributed by atoms with Crippen molar-refractivity contribution in [2.24, 2.45) is 0 Å². The number of pyridine rings is 1. The van der Waals surface area contributed by atoms with Gasteiger partial charge in [-0.05, 0) is 13.0 Å². The third-order valence-corrected chi connectivity index (χ3v) is 4.39. The number of thiazole rings is 1. The van der Waals surface area contributed by atoms with Gasteiger partial charge >= 0.3 is 0 Å². The molecule has 2 aromatic rings. The first-order valence-corrected chi connectivity index (χ1v) is 7.92. The van der Waals surface area contributed by atoms with Gasteiger partial charge in [0.2, 0.25) is 5.88 Å². The monoisotopic (exact) mass is 319 g/mol. The van der Waals surface area contributed by atoms with Crippen LogP contribution in [0.3, 0.4) is 0 Å². The minimum absolute atomic E-state index is 0.0113. The van der Waals surface area contributed by atoms with E-state index in [0.29, 0.717) is 29.8 Å². The lowest BCUT2D eigenvalue weighted by atomic mass is 10.2. The van der Waals surface area contributed by atoms with Gasteiger partial charge < -0.3 is 9.47 Å². The maximum Gasteiger partial charge on any atom is 0.260 e. The normalized spacial score (nSPS) is 17.5. The second kappa shape index (κ2) is 6.41. The van der Waals surface area contributed by atoms with E-state index in [2.05, 4.69) is 9.97 Å². The van der Waals surface area contributed by atoms with Gasteiger partial charge in [-0.25, -0.2) is 9.97 Å². The molecule has 0 bridgehead atoms. The zero-order chi connectivity index (χ0) is 15.5. The summed E-state index contributed by atoms with van der Waals surface area (Å²) in [6, 6.07) is 3.34. The van der Waals surface area contributed by atoms with Crippen molar-refractivity contribution >= 4 is 22.4 Å². The van der Waals surface area contributed by atoms with Crippen LogP contribution in [0.4, 0.5) is 5.13 Å². The van der Waals surface area contributed by atoms with Gasteiger partial charge in [0.05, 0.1) is 18.9 Å². The van der Waals surface area contributed by atoms with Gasteiger partial charge in [0, 0.05) is 36.7 Å². The van der Waals surface area contributed by atoms with Gasteiger partial charge in [0.25, 0.3) is 5.91 Å². The van der Waals surface area contributed by atoms with E-state index < -0.39 is 0 Å². The molecule has 0 saturated carbocycles. The van der Waals surface area contributed by atoms with E-state index in [9.17, 15) is 4.79 Å². The average molecular weight is 319 g/mol. The third-order valence-electron chi connectivity index (χ3n) is 3.36. The molecule has 1 saturated heterocycles. The highest BCUT2D eigenvalue weighted by Crippen LogP contribution is 2.22. The fourth-order valence-corrected chi connectivity index (χ4v) is 2.93. The van der Waals surface area contributed by atoms with Crippen molar-refractivity contribution in [3.63, 3.8) is 0 Å². The molecule has 3 heterocycles. The summed E-state index contributed by atoms with van der Waals surface area (Å²) in [6.45, 7) is 3.17. The lowest BCUT2D eigenvalue weighted by Gasteiger charge is -2.15. The van der Waals surface area contributed by atoms with Crippen LogP contribution in [-0.4, -0.2) is 42.2 Å². The van der Waals surface area contributed by atoms with E-state index >= 15 is 0 Å². The van der Waals surface area contributed by atoms with Gasteiger partial charge in [-0.3, -0.25) is 9.69 Å². The summed E-state index contributed by atoms with van der Waals surface area (Å²) in [5.41, 5.74) is 1.43. The maximum absolute atomic E-state index is 12.5. The Hall–Kier alpha value is -1.99. The lowest BCUT2D eigenvalue weighted by molar-refractivity contribution is 0.0991. The van der Waals surface area contributed by atoms with E-state index in [1.165, 1.54) is 16.2 Å². The van der Waals surface area contributed by atoms with Crippen molar-refractivity contribution in [2.75, 3.05) is 25.2 Å². The van der Waals surface area contributed by atoms with Gasteiger partial charge in [-0.1, -0.05) is 0 Å². The van der Waals surface area contributed by atoms with Crippen LogP contribution in [0.2, 0.25) is 0 Å². The lowest BCUT2D eigenvalue weighted by Crippen LogP contribution is -2.26. The van der Waals surface area contributed by atoms with Crippen LogP contribution in [0.1, 0.15) is 22.5 Å². The topological polar surface area (TPSA) is 64.6 Å². The predicted octanol–water partition coefficient (Wildman–Crippen LogP) is 2.29. The van der Waals surface area contributed by atoms with Crippen LogP contribution in [-0.2, 0) is 4.74 Å². The number of nitrogens with zero attached hydrogens (tertiary/aromatic N) is 3. The Morgan fingerprint density at radius 3 is 3.09 bits per heavy atom. The third kappa shape index (κ3) is 3.26. The van der Waals surface area contributed by atoms with E-state index in [0.717, 1.165) is 12.1 Å². The Morgan fingerprint density at radius 2 is 2.41 bits per heavy atom. The molecule has 0 spiro atoms. The number of aryl methyl sites for hydroxylation is 1. The molecule has 7 heteroatoms. The number of rotatable bonds is 4. The van der Waals surface area contributed by atoms with Crippen molar-refractivity contribution < 1.29 is 14.3 Å². The molecule has 2 aromatic heterocycles. The fraction of sp³-hybridized carbons (Fsp3) is 0.400. The number of aromatic nitrogens is 2. The van der Waals surface area contributed by atoms with Crippen LogP contribution in [0.15, 0.2) is 23.7 Å². The van der Waals surface area contributed by atoms with Crippen LogP contribution < -0.4 is 9.64 Å². The summed E-state index contributed by atoms with van der Waals surface area (Å²) >= 11 is 1.44. The molecule has 22 heavy (non-hydrogen) atoms. The van der Waals surface area contributed by atoms with Gasteiger partial charge in [-0.15, -0.1) is 11.3 Å². The van der Waals surface area contributed by atoms with Gasteiger partial charge in [-0.2, -0.15) is 0 Å². The molecule has 0 aliphatic carbocycles. The summed E-state index contributed by atoms with van der Waals surface area (Å²) in [4.78, 5) is 22.5. The summed E-state index contributed by atoms with van der Waals surface area (Å²) < 4.78 is 11.0. The highest BCUT2D eigenvalue weighted by Gasteiger charge is 2.20. The average Bonchev–Trinajstić information content (AvgIpc) is 3.18. The summed E-state index contributed by atoms with van der Waals surface area (Å²) in [5, 5.41) is 2.59. The maximum atomic E-state index is 12.5. The number of hydrogen-bond acceptors (Lipinski definition) is 6. The number of carbonyl (C=O) groups is 1. The SMILES string of the molecule is Cc1csc(N(C)C(=O)c2ccnc(OC3CCOC3)c2)n1. The molecular weight excluding hydrogens is 302 g/mol. The first-order valence-electron chi connectivity index (χ1n) is 7.04. The molecule has 1 unspecified atom stereocenters. The van der Waals surface area contributed by atoms with Crippen LogP contribution in [0.5, 0.6) is 5.88 Å². The number of ether oxygens (including phenoxy) is 2. The zero-order valence-corrected chi connectivity index (χ0v) is 13.3. The van der Waals surface area contributed by atoms with Crippen molar-refractivity contribution in [1.29, 1.82) is 0 Å². The summed E-state index contributed by atoms with van der Waals surface area (Å²) in [5.74, 6) is 0.314. The molecule has 3 rings (SSSR count). The Balaban J connectivity index is 1.74. The highest BCUT2D eigenvalue weighted by molar-refractivity contribution is 7.14. The Kier molecular flexibility index (Phi) is 4.35. The van der Waals surface area contributed by atoms with Gasteiger partial charge in [0.15, 0.2) is 5.13 Å². The van der Waals surface area contributed by atoms with E-state index in [-0.39, 0.29) is 12.0 Å². The number of carbonyl (C=O) groups excluding carboxylic acids is 1. The van der Waals surface area contributed by atoms with Crippen molar-refractivity contribution in [3.05, 3.63) is 35.0 Å². The van der Waals surface area contributed by atoms with Crippen molar-refractivity contribution in [2.45, 2.75) is 19.4 Å². The van der Waals surface area contributed by atoms with Crippen molar-refractivity contribution in [1.82, 2.24) is 9.97 Å². The molecular formula is C15H17N3O3S. The predicted molar refractivity (Wildman–Crippen MR) is 83.7 cm³/mol. The standard InChI is InChI=1S/C15H17N3O3S/c1-10-9-22-15(17-10)18(2)14(19)11-3-5-16-13(7-11)21-12-4-6-20-8-12/h3,5,7,9,12H,4,6,8H2,1-2H3. The second-order valence-corrected chi connectivity index (χ2v) is 5.96. The molecule has 1 fully saturated rings. The van der Waals surface area contributed by atoms with Crippen molar-refractivity contribution in [3.8, 4) is 5.88 Å². The molecule has 116 valence electrons. The smallest absolute Gasteiger partial charge is 0.260 e. The Labute approximate surface area is 132 Å². The van der Waals surface area contributed by atoms with E-state index in [1.54, 1.807) is 25.4 Å². The second-order valence-electron chi connectivity index (χ2n) is 5.12. The summed E-state index contributed by atoms with van der Waals surface area (Å²) in [6.07, 6.45) is 2.44. The van der Waals surface area contributed by atoms with Crippen LogP contribution in [0, 0.1) is 6.92 Å².